The molecule has 0 aromatic rings. The summed E-state index contributed by atoms with van der Waals surface area (Å²) in [5.74, 6) is 1.65. The molecular formula is C35H65N. The predicted octanol–water partition coefficient (Wildman–Crippen LogP) is 11.5. The van der Waals surface area contributed by atoms with E-state index in [-0.39, 0.29) is 0 Å². The van der Waals surface area contributed by atoms with Gasteiger partial charge in [0.2, 0.25) is 0 Å². The van der Waals surface area contributed by atoms with Gasteiger partial charge in [0.1, 0.15) is 0 Å². The summed E-state index contributed by atoms with van der Waals surface area (Å²) in [6, 6.07) is 0. The van der Waals surface area contributed by atoms with Gasteiger partial charge in [0.15, 0.2) is 0 Å². The third-order valence-electron chi connectivity index (χ3n) is 8.56. The zero-order valence-corrected chi connectivity index (χ0v) is 25.1. The largest absolute Gasteiger partial charge is 0.306 e. The van der Waals surface area contributed by atoms with Crippen LogP contribution in [0.2, 0.25) is 0 Å². The van der Waals surface area contributed by atoms with E-state index in [0.29, 0.717) is 0 Å². The number of hydrogen-bond donors (Lipinski definition) is 0. The minimum Gasteiger partial charge on any atom is -0.306 e. The molecule has 1 aliphatic rings. The highest BCUT2D eigenvalue weighted by molar-refractivity contribution is 5.03. The van der Waals surface area contributed by atoms with Crippen LogP contribution < -0.4 is 0 Å². The van der Waals surface area contributed by atoms with Crippen molar-refractivity contribution in [3.63, 3.8) is 0 Å². The van der Waals surface area contributed by atoms with Crippen LogP contribution in [0.25, 0.3) is 0 Å². The molecular weight excluding hydrogens is 434 g/mol. The molecule has 1 fully saturated rings. The fourth-order valence-electron chi connectivity index (χ4n) is 5.83. The summed E-state index contributed by atoms with van der Waals surface area (Å²) in [5.41, 5.74) is 3.05. The Morgan fingerprint density at radius 1 is 0.694 bits per heavy atom. The van der Waals surface area contributed by atoms with Crippen LogP contribution in [0.5, 0.6) is 0 Å². The molecule has 1 heterocycles. The topological polar surface area (TPSA) is 3.24 Å². The highest BCUT2D eigenvalue weighted by Crippen LogP contribution is 2.30. The minimum absolute atomic E-state index is 0.778. The molecule has 1 atom stereocenters. The first kappa shape index (κ1) is 33.2. The molecule has 0 aromatic heterocycles. The Labute approximate surface area is 228 Å². The first-order chi connectivity index (χ1) is 17.6. The third-order valence-corrected chi connectivity index (χ3v) is 8.56. The summed E-state index contributed by atoms with van der Waals surface area (Å²) in [5, 5.41) is 0. The molecule has 0 spiro atoms. The zero-order valence-electron chi connectivity index (χ0n) is 25.1. The summed E-state index contributed by atoms with van der Waals surface area (Å²) in [4.78, 5) is 2.46. The third kappa shape index (κ3) is 18.4. The molecule has 0 N–H and O–H groups in total. The van der Waals surface area contributed by atoms with Gasteiger partial charge in [-0.05, 0) is 109 Å². The van der Waals surface area contributed by atoms with Crippen molar-refractivity contribution in [1.82, 2.24) is 4.90 Å². The second-order valence-corrected chi connectivity index (χ2v) is 12.1. The number of unbranched alkanes of at least 4 members (excludes halogenated alkanes) is 11. The number of hydrogen-bond acceptors (Lipinski definition) is 1. The maximum Gasteiger partial charge on any atom is -0.00161 e. The Kier molecular flexibility index (Phi) is 21.5. The maximum absolute atomic E-state index is 4.50. The number of rotatable bonds is 24. The molecule has 0 amide bonds. The van der Waals surface area contributed by atoms with Gasteiger partial charge in [-0.2, -0.15) is 0 Å². The van der Waals surface area contributed by atoms with Crippen LogP contribution in [-0.2, 0) is 0 Å². The van der Waals surface area contributed by atoms with Crippen molar-refractivity contribution in [3.05, 3.63) is 36.5 Å². The van der Waals surface area contributed by atoms with E-state index in [4.69, 9.17) is 0 Å². The Bertz CT molecular complexity index is 551. The normalized spacial score (nSPS) is 16.1. The average molecular weight is 500 g/mol. The second-order valence-electron chi connectivity index (χ2n) is 12.1. The van der Waals surface area contributed by atoms with Crippen LogP contribution in [0.3, 0.4) is 0 Å². The van der Waals surface area contributed by atoms with Crippen molar-refractivity contribution in [3.8, 4) is 0 Å². The van der Waals surface area contributed by atoms with Crippen molar-refractivity contribution >= 4 is 0 Å². The van der Waals surface area contributed by atoms with Gasteiger partial charge in [-0.15, -0.1) is 0 Å². The minimum atomic E-state index is 0.778. The molecule has 0 aliphatic carbocycles. The van der Waals surface area contributed by atoms with E-state index in [1.807, 2.05) is 0 Å². The molecule has 0 aromatic carbocycles. The molecule has 36 heavy (non-hydrogen) atoms. The Balaban J connectivity index is 1.98. The van der Waals surface area contributed by atoms with E-state index in [1.54, 1.807) is 0 Å². The summed E-state index contributed by atoms with van der Waals surface area (Å²) >= 11 is 0. The van der Waals surface area contributed by atoms with E-state index in [2.05, 4.69) is 51.1 Å². The predicted molar refractivity (Wildman–Crippen MR) is 165 cm³/mol. The van der Waals surface area contributed by atoms with Crippen molar-refractivity contribution in [2.75, 3.05) is 20.1 Å². The van der Waals surface area contributed by atoms with E-state index in [9.17, 15) is 0 Å². The molecule has 1 heteroatoms. The van der Waals surface area contributed by atoms with Gasteiger partial charge in [-0.3, -0.25) is 0 Å². The lowest BCUT2D eigenvalue weighted by Crippen LogP contribution is -2.30. The van der Waals surface area contributed by atoms with E-state index in [1.165, 1.54) is 165 Å². The van der Waals surface area contributed by atoms with Crippen molar-refractivity contribution in [2.45, 2.75) is 155 Å². The quantitative estimate of drug-likeness (QED) is 0.0942. The standard InChI is InChI=1S/C35H65N/c1-6-8-9-10-11-12-13-14-15-16-17-18-19-20-21-23-32(3)24-26-34(22-7-2)27-25-33(4)35-28-30-36(5)31-29-35/h11-12,34-35H,3-4,6-10,13-31H2,1-2,5H3/b12-11-. The molecule has 1 saturated heterocycles. The van der Waals surface area contributed by atoms with Gasteiger partial charge < -0.3 is 4.90 Å². The second kappa shape index (κ2) is 23.3. The maximum atomic E-state index is 4.50. The molecule has 0 radical (unpaired) electrons. The Morgan fingerprint density at radius 3 is 1.86 bits per heavy atom. The molecule has 0 saturated carbocycles. The van der Waals surface area contributed by atoms with Gasteiger partial charge >= 0.3 is 0 Å². The smallest absolute Gasteiger partial charge is 0.00161 e. The fraction of sp³-hybridized carbons (Fsp3) is 0.829. The number of piperidine rings is 1. The zero-order chi connectivity index (χ0) is 26.3. The molecule has 0 bridgehead atoms. The van der Waals surface area contributed by atoms with Gasteiger partial charge in [0, 0.05) is 0 Å². The van der Waals surface area contributed by atoms with Crippen LogP contribution in [0.1, 0.15) is 155 Å². The van der Waals surface area contributed by atoms with Crippen LogP contribution in [0.4, 0.5) is 0 Å². The summed E-state index contributed by atoms with van der Waals surface area (Å²) in [7, 11) is 2.25. The molecule has 210 valence electrons. The molecule has 1 aliphatic heterocycles. The Morgan fingerprint density at radius 2 is 1.25 bits per heavy atom. The fourth-order valence-corrected chi connectivity index (χ4v) is 5.83. The van der Waals surface area contributed by atoms with Crippen molar-refractivity contribution < 1.29 is 0 Å². The average Bonchev–Trinajstić information content (AvgIpc) is 2.88. The van der Waals surface area contributed by atoms with Gasteiger partial charge in [0.25, 0.3) is 0 Å². The van der Waals surface area contributed by atoms with Crippen molar-refractivity contribution in [1.29, 1.82) is 0 Å². The monoisotopic (exact) mass is 500 g/mol. The van der Waals surface area contributed by atoms with Gasteiger partial charge in [-0.1, -0.05) is 115 Å². The highest BCUT2D eigenvalue weighted by atomic mass is 15.1. The van der Waals surface area contributed by atoms with E-state index in [0.717, 1.165) is 11.8 Å². The van der Waals surface area contributed by atoms with Crippen LogP contribution in [0.15, 0.2) is 36.5 Å². The van der Waals surface area contributed by atoms with Crippen LogP contribution >= 0.6 is 0 Å². The highest BCUT2D eigenvalue weighted by Gasteiger charge is 2.20. The first-order valence-electron chi connectivity index (χ1n) is 16.2. The van der Waals surface area contributed by atoms with Crippen LogP contribution in [-0.4, -0.2) is 25.0 Å². The van der Waals surface area contributed by atoms with Crippen LogP contribution in [0, 0.1) is 11.8 Å². The summed E-state index contributed by atoms with van der Waals surface area (Å²) < 4.78 is 0. The summed E-state index contributed by atoms with van der Waals surface area (Å²) in [6.07, 6.45) is 34.5. The number of allylic oxidation sites excluding steroid dienone is 4. The van der Waals surface area contributed by atoms with Crippen molar-refractivity contribution in [2.24, 2.45) is 11.8 Å². The van der Waals surface area contributed by atoms with Gasteiger partial charge in [-0.25, -0.2) is 0 Å². The lowest BCUT2D eigenvalue weighted by atomic mass is 9.84. The lowest BCUT2D eigenvalue weighted by Gasteiger charge is -2.30. The number of likely N-dealkylation sites (tertiary alicyclic amines) is 1. The Hall–Kier alpha value is -0.820. The molecule has 1 nitrogen and oxygen atoms in total. The van der Waals surface area contributed by atoms with Gasteiger partial charge in [0.05, 0.1) is 0 Å². The molecule has 1 rings (SSSR count). The molecule has 1 unspecified atom stereocenters. The number of nitrogens with zero attached hydrogens (tertiary/aromatic N) is 1. The summed E-state index contributed by atoms with van der Waals surface area (Å²) in [6.45, 7) is 16.1. The SMILES string of the molecule is C=C(CCCCCCCCCC/C=C\CCCCC)CCC(CCC)CCC(=C)C1CCN(C)CC1. The van der Waals surface area contributed by atoms with E-state index < -0.39 is 0 Å². The first-order valence-corrected chi connectivity index (χ1v) is 16.2. The van der Waals surface area contributed by atoms with E-state index >= 15 is 0 Å². The lowest BCUT2D eigenvalue weighted by molar-refractivity contribution is 0.234.